The zero-order valence-corrected chi connectivity index (χ0v) is 16.5. The summed E-state index contributed by atoms with van der Waals surface area (Å²) >= 11 is 0. The molecule has 0 atom stereocenters. The van der Waals surface area contributed by atoms with Crippen LogP contribution < -0.4 is 10.6 Å². The molecular formula is C22H28N2O3. The average molecular weight is 368 g/mol. The van der Waals surface area contributed by atoms with Gasteiger partial charge in [-0.05, 0) is 36.1 Å². The lowest BCUT2D eigenvalue weighted by atomic mass is 9.86. The highest BCUT2D eigenvalue weighted by molar-refractivity contribution is 5.96. The van der Waals surface area contributed by atoms with E-state index in [1.807, 2.05) is 30.3 Å². The third-order valence-corrected chi connectivity index (χ3v) is 4.10. The maximum atomic E-state index is 12.4. The van der Waals surface area contributed by atoms with Gasteiger partial charge in [0.15, 0.2) is 0 Å². The minimum Gasteiger partial charge on any atom is -0.462 e. The highest BCUT2D eigenvalue weighted by atomic mass is 16.5. The molecule has 0 aliphatic heterocycles. The molecule has 0 radical (unpaired) electrons. The Bertz CT molecular complexity index is 794. The number of amides is 1. The van der Waals surface area contributed by atoms with Crippen molar-refractivity contribution in [2.45, 2.75) is 39.5 Å². The summed E-state index contributed by atoms with van der Waals surface area (Å²) < 4.78 is 5.06. The van der Waals surface area contributed by atoms with Crippen LogP contribution in [0.2, 0.25) is 0 Å². The Kier molecular flexibility index (Phi) is 6.99. The second-order valence-corrected chi connectivity index (χ2v) is 7.29. The van der Waals surface area contributed by atoms with Gasteiger partial charge in [-0.1, -0.05) is 51.1 Å². The molecule has 144 valence electrons. The van der Waals surface area contributed by atoms with E-state index in [9.17, 15) is 9.59 Å². The highest BCUT2D eigenvalue weighted by Crippen LogP contribution is 2.29. The zero-order valence-electron chi connectivity index (χ0n) is 16.5. The number of carbonyl (C=O) groups excluding carboxylic acids is 2. The quantitative estimate of drug-likeness (QED) is 0.701. The van der Waals surface area contributed by atoms with Crippen LogP contribution in [0.1, 0.15) is 50.0 Å². The summed E-state index contributed by atoms with van der Waals surface area (Å²) in [5.74, 6) is -0.447. The largest absolute Gasteiger partial charge is 0.462 e. The molecule has 0 bridgehead atoms. The normalized spacial score (nSPS) is 11.0. The van der Waals surface area contributed by atoms with Gasteiger partial charge in [0.25, 0.3) is 0 Å². The van der Waals surface area contributed by atoms with Crippen molar-refractivity contribution in [3.05, 3.63) is 59.7 Å². The Balaban J connectivity index is 1.96. The van der Waals surface area contributed by atoms with Crippen LogP contribution in [0, 0.1) is 0 Å². The predicted molar refractivity (Wildman–Crippen MR) is 109 cm³/mol. The van der Waals surface area contributed by atoms with Crippen LogP contribution in [0.5, 0.6) is 0 Å². The van der Waals surface area contributed by atoms with E-state index in [0.29, 0.717) is 24.4 Å². The number of para-hydroxylation sites is 2. The lowest BCUT2D eigenvalue weighted by Gasteiger charge is -2.23. The van der Waals surface area contributed by atoms with Crippen LogP contribution in [0.4, 0.5) is 11.4 Å². The smallest absolute Gasteiger partial charge is 0.340 e. The second-order valence-electron chi connectivity index (χ2n) is 7.29. The van der Waals surface area contributed by atoms with Gasteiger partial charge in [-0.15, -0.1) is 0 Å². The number of hydrogen-bond donors (Lipinski definition) is 2. The van der Waals surface area contributed by atoms with Crippen LogP contribution >= 0.6 is 0 Å². The molecule has 2 N–H and O–H groups in total. The number of nitrogens with one attached hydrogen (secondary N) is 2. The van der Waals surface area contributed by atoms with Crippen molar-refractivity contribution >= 4 is 23.3 Å². The van der Waals surface area contributed by atoms with E-state index in [-0.39, 0.29) is 23.7 Å². The van der Waals surface area contributed by atoms with E-state index >= 15 is 0 Å². The number of esters is 1. The van der Waals surface area contributed by atoms with Crippen LogP contribution in [0.3, 0.4) is 0 Å². The number of anilines is 2. The molecule has 5 nitrogen and oxygen atoms in total. The van der Waals surface area contributed by atoms with Gasteiger partial charge in [0.1, 0.15) is 0 Å². The summed E-state index contributed by atoms with van der Waals surface area (Å²) in [7, 11) is 0. The van der Waals surface area contributed by atoms with Gasteiger partial charge in [-0.3, -0.25) is 4.79 Å². The number of rotatable bonds is 7. The van der Waals surface area contributed by atoms with Crippen molar-refractivity contribution in [2.75, 3.05) is 23.8 Å². The fourth-order valence-corrected chi connectivity index (χ4v) is 2.79. The fraction of sp³-hybridized carbons (Fsp3) is 0.364. The number of carbonyl (C=O) groups is 2. The maximum Gasteiger partial charge on any atom is 0.340 e. The molecule has 0 aromatic heterocycles. The van der Waals surface area contributed by atoms with Crippen LogP contribution in [0.15, 0.2) is 48.5 Å². The first-order chi connectivity index (χ1) is 12.8. The molecule has 0 unspecified atom stereocenters. The Morgan fingerprint density at radius 1 is 0.963 bits per heavy atom. The molecule has 2 rings (SSSR count). The van der Waals surface area contributed by atoms with Crippen molar-refractivity contribution in [2.24, 2.45) is 0 Å². The third kappa shape index (κ3) is 5.84. The Morgan fingerprint density at radius 3 is 2.26 bits per heavy atom. The molecule has 2 aromatic rings. The molecule has 5 heteroatoms. The molecule has 0 saturated carbocycles. The second kappa shape index (κ2) is 9.21. The summed E-state index contributed by atoms with van der Waals surface area (Å²) in [5.41, 5.74) is 3.01. The van der Waals surface area contributed by atoms with E-state index in [1.54, 1.807) is 25.1 Å². The van der Waals surface area contributed by atoms with E-state index in [2.05, 4.69) is 31.4 Å². The summed E-state index contributed by atoms with van der Waals surface area (Å²) in [5, 5.41) is 6.14. The van der Waals surface area contributed by atoms with Crippen LogP contribution in [0.25, 0.3) is 0 Å². The van der Waals surface area contributed by atoms with Gasteiger partial charge in [0.05, 0.1) is 12.2 Å². The van der Waals surface area contributed by atoms with Gasteiger partial charge in [0, 0.05) is 24.3 Å². The highest BCUT2D eigenvalue weighted by Gasteiger charge is 2.18. The lowest BCUT2D eigenvalue weighted by molar-refractivity contribution is -0.115. The standard InChI is InChI=1S/C22H28N2O3/c1-5-27-21(26)16-10-6-8-12-18(16)23-15-14-20(25)24-19-13-9-7-11-17(19)22(2,3)4/h6-13,23H,5,14-15H2,1-4H3,(H,24,25). The SMILES string of the molecule is CCOC(=O)c1ccccc1NCCC(=O)Nc1ccccc1C(C)(C)C. The number of hydrogen-bond acceptors (Lipinski definition) is 4. The summed E-state index contributed by atoms with van der Waals surface area (Å²) in [6.07, 6.45) is 0.287. The van der Waals surface area contributed by atoms with E-state index < -0.39 is 0 Å². The first-order valence-electron chi connectivity index (χ1n) is 9.22. The third-order valence-electron chi connectivity index (χ3n) is 4.10. The molecule has 0 aliphatic carbocycles. The molecule has 2 aromatic carbocycles. The van der Waals surface area contributed by atoms with Crippen molar-refractivity contribution in [3.8, 4) is 0 Å². The average Bonchev–Trinajstić information content (AvgIpc) is 2.62. The Hall–Kier alpha value is -2.82. The van der Waals surface area contributed by atoms with E-state index in [0.717, 1.165) is 11.3 Å². The van der Waals surface area contributed by atoms with Crippen LogP contribution in [-0.2, 0) is 14.9 Å². The van der Waals surface area contributed by atoms with Crippen molar-refractivity contribution < 1.29 is 14.3 Å². The maximum absolute atomic E-state index is 12.4. The molecule has 1 amide bonds. The van der Waals surface area contributed by atoms with E-state index in [1.165, 1.54) is 0 Å². The van der Waals surface area contributed by atoms with Gasteiger partial charge in [0.2, 0.25) is 5.91 Å². The molecule has 0 heterocycles. The van der Waals surface area contributed by atoms with E-state index in [4.69, 9.17) is 4.74 Å². The van der Waals surface area contributed by atoms with Crippen molar-refractivity contribution in [1.29, 1.82) is 0 Å². The Labute approximate surface area is 161 Å². The monoisotopic (exact) mass is 368 g/mol. The predicted octanol–water partition coefficient (Wildman–Crippen LogP) is 4.60. The van der Waals surface area contributed by atoms with Gasteiger partial charge < -0.3 is 15.4 Å². The summed E-state index contributed by atoms with van der Waals surface area (Å²) in [4.78, 5) is 24.4. The molecule has 0 aliphatic rings. The van der Waals surface area contributed by atoms with Gasteiger partial charge in [-0.25, -0.2) is 4.79 Å². The zero-order chi connectivity index (χ0) is 19.9. The van der Waals surface area contributed by atoms with Gasteiger partial charge >= 0.3 is 5.97 Å². The fourth-order valence-electron chi connectivity index (χ4n) is 2.79. The van der Waals surface area contributed by atoms with Crippen LogP contribution in [-0.4, -0.2) is 25.0 Å². The minimum atomic E-state index is -0.371. The summed E-state index contributed by atoms with van der Waals surface area (Å²) in [6.45, 7) is 8.86. The first kappa shape index (κ1) is 20.5. The number of benzene rings is 2. The van der Waals surface area contributed by atoms with Crippen molar-refractivity contribution in [1.82, 2.24) is 0 Å². The number of ether oxygens (including phenoxy) is 1. The topological polar surface area (TPSA) is 67.4 Å². The molecule has 27 heavy (non-hydrogen) atoms. The molecular weight excluding hydrogens is 340 g/mol. The first-order valence-corrected chi connectivity index (χ1v) is 9.22. The molecule has 0 fully saturated rings. The molecule has 0 spiro atoms. The Morgan fingerprint density at radius 2 is 1.59 bits per heavy atom. The van der Waals surface area contributed by atoms with Gasteiger partial charge in [-0.2, -0.15) is 0 Å². The van der Waals surface area contributed by atoms with Crippen molar-refractivity contribution in [3.63, 3.8) is 0 Å². The minimum absolute atomic E-state index is 0.0549. The summed E-state index contributed by atoms with van der Waals surface area (Å²) in [6, 6.07) is 15.0. The molecule has 0 saturated heterocycles. The lowest BCUT2D eigenvalue weighted by Crippen LogP contribution is -2.20.